The Balaban J connectivity index is 2.08. The minimum absolute atomic E-state index is 0.130. The first kappa shape index (κ1) is 9.67. The first-order valence-corrected chi connectivity index (χ1v) is 5.74. The van der Waals surface area contributed by atoms with E-state index >= 15 is 0 Å². The normalized spacial score (nSPS) is 24.1. The molecule has 2 nitrogen and oxygen atoms in total. The molecule has 0 fully saturated rings. The fraction of sp³-hybridized carbons (Fsp3) is 0.286. The maximum atomic E-state index is 10.2. The van der Waals surface area contributed by atoms with Gasteiger partial charge in [0.25, 0.3) is 0 Å². The molecule has 2 atom stereocenters. The van der Waals surface area contributed by atoms with Crippen LogP contribution in [0.4, 0.5) is 0 Å². The van der Waals surface area contributed by atoms with Gasteiger partial charge in [-0.2, -0.15) is 0 Å². The zero-order valence-electron chi connectivity index (χ0n) is 9.08. The van der Waals surface area contributed by atoms with Crippen molar-refractivity contribution in [2.75, 3.05) is 0 Å². The van der Waals surface area contributed by atoms with Gasteiger partial charge in [-0.1, -0.05) is 30.3 Å². The molecule has 0 saturated heterocycles. The molecule has 1 aromatic heterocycles. The third kappa shape index (κ3) is 1.46. The predicted molar refractivity (Wildman–Crippen MR) is 63.3 cm³/mol. The third-order valence-electron chi connectivity index (χ3n) is 3.39. The fourth-order valence-corrected chi connectivity index (χ4v) is 2.60. The number of benzene rings is 1. The first-order valence-electron chi connectivity index (χ1n) is 5.74. The topological polar surface area (TPSA) is 25.2 Å². The molecule has 0 bridgehead atoms. The van der Waals surface area contributed by atoms with Crippen molar-refractivity contribution in [1.29, 1.82) is 0 Å². The van der Waals surface area contributed by atoms with Gasteiger partial charge in [-0.05, 0) is 24.1 Å². The van der Waals surface area contributed by atoms with Crippen molar-refractivity contribution < 1.29 is 5.11 Å². The molecule has 3 rings (SSSR count). The molecule has 2 heteroatoms. The number of aliphatic hydroxyl groups excluding tert-OH is 1. The zero-order chi connectivity index (χ0) is 11.0. The molecule has 0 amide bonds. The van der Waals surface area contributed by atoms with Crippen LogP contribution in [0, 0.1) is 0 Å². The SMILES string of the molecule is O[C@H]1CCn2cccc2[C@@H]1c1ccccc1. The second-order valence-electron chi connectivity index (χ2n) is 4.37. The van der Waals surface area contributed by atoms with Crippen LogP contribution in [0.5, 0.6) is 0 Å². The summed E-state index contributed by atoms with van der Waals surface area (Å²) >= 11 is 0. The van der Waals surface area contributed by atoms with Crippen LogP contribution >= 0.6 is 0 Å². The predicted octanol–water partition coefficient (Wildman–Crippen LogP) is 2.38. The lowest BCUT2D eigenvalue weighted by Gasteiger charge is -2.30. The number of aryl methyl sites for hydroxylation is 1. The molecule has 82 valence electrons. The van der Waals surface area contributed by atoms with Gasteiger partial charge in [-0.3, -0.25) is 0 Å². The maximum Gasteiger partial charge on any atom is 0.0680 e. The molecule has 2 heterocycles. The average Bonchev–Trinajstić information content (AvgIpc) is 2.78. The summed E-state index contributed by atoms with van der Waals surface area (Å²) in [5.41, 5.74) is 2.43. The molecule has 2 aromatic rings. The molecule has 1 aliphatic rings. The van der Waals surface area contributed by atoms with Crippen LogP contribution in [0.2, 0.25) is 0 Å². The highest BCUT2D eigenvalue weighted by molar-refractivity contribution is 5.32. The second-order valence-corrected chi connectivity index (χ2v) is 4.37. The van der Waals surface area contributed by atoms with Crippen molar-refractivity contribution in [1.82, 2.24) is 4.57 Å². The van der Waals surface area contributed by atoms with Gasteiger partial charge in [-0.25, -0.2) is 0 Å². The molecule has 0 unspecified atom stereocenters. The van der Waals surface area contributed by atoms with Crippen LogP contribution in [0.15, 0.2) is 48.7 Å². The largest absolute Gasteiger partial charge is 0.392 e. The Morgan fingerprint density at radius 3 is 2.69 bits per heavy atom. The highest BCUT2D eigenvalue weighted by Gasteiger charge is 2.28. The Morgan fingerprint density at radius 2 is 1.88 bits per heavy atom. The third-order valence-corrected chi connectivity index (χ3v) is 3.39. The lowest BCUT2D eigenvalue weighted by Crippen LogP contribution is -2.28. The minimum Gasteiger partial charge on any atom is -0.392 e. The summed E-state index contributed by atoms with van der Waals surface area (Å²) in [7, 11) is 0. The summed E-state index contributed by atoms with van der Waals surface area (Å²) in [5, 5.41) is 10.2. The maximum absolute atomic E-state index is 10.2. The Labute approximate surface area is 95.2 Å². The fourth-order valence-electron chi connectivity index (χ4n) is 2.60. The van der Waals surface area contributed by atoms with E-state index in [0.717, 1.165) is 13.0 Å². The van der Waals surface area contributed by atoms with Crippen molar-refractivity contribution in [3.8, 4) is 0 Å². The van der Waals surface area contributed by atoms with Crippen LogP contribution in [-0.2, 0) is 6.54 Å². The number of aromatic nitrogens is 1. The Morgan fingerprint density at radius 1 is 1.06 bits per heavy atom. The molecule has 16 heavy (non-hydrogen) atoms. The van der Waals surface area contributed by atoms with Gasteiger partial charge < -0.3 is 9.67 Å². The van der Waals surface area contributed by atoms with Gasteiger partial charge in [0.05, 0.1) is 12.0 Å². The van der Waals surface area contributed by atoms with Gasteiger partial charge in [-0.15, -0.1) is 0 Å². The highest BCUT2D eigenvalue weighted by Crippen LogP contribution is 2.33. The van der Waals surface area contributed by atoms with Gasteiger partial charge in [0, 0.05) is 18.4 Å². The van der Waals surface area contributed by atoms with E-state index in [2.05, 4.69) is 35.0 Å². The number of nitrogens with zero attached hydrogens (tertiary/aromatic N) is 1. The van der Waals surface area contributed by atoms with E-state index in [0.29, 0.717) is 0 Å². The second kappa shape index (κ2) is 3.80. The summed E-state index contributed by atoms with van der Waals surface area (Å²) in [6, 6.07) is 14.4. The summed E-state index contributed by atoms with van der Waals surface area (Å²) in [4.78, 5) is 0. The van der Waals surface area contributed by atoms with E-state index in [1.165, 1.54) is 11.3 Å². The average molecular weight is 213 g/mol. The Hall–Kier alpha value is -1.54. The van der Waals surface area contributed by atoms with E-state index in [-0.39, 0.29) is 12.0 Å². The van der Waals surface area contributed by atoms with Crippen molar-refractivity contribution in [2.45, 2.75) is 25.0 Å². The lowest BCUT2D eigenvalue weighted by atomic mass is 9.86. The van der Waals surface area contributed by atoms with Gasteiger partial charge in [0.2, 0.25) is 0 Å². The van der Waals surface area contributed by atoms with Crippen LogP contribution in [0.3, 0.4) is 0 Å². The molecule has 0 aliphatic carbocycles. The summed E-state index contributed by atoms with van der Waals surface area (Å²) in [6.45, 7) is 0.923. The quantitative estimate of drug-likeness (QED) is 0.773. The number of hydrogen-bond donors (Lipinski definition) is 1. The van der Waals surface area contributed by atoms with Crippen molar-refractivity contribution >= 4 is 0 Å². The molecule has 1 aromatic carbocycles. The number of aliphatic hydroxyl groups is 1. The standard InChI is InChI=1S/C14H15NO/c16-13-8-10-15-9-4-7-12(15)14(13)11-5-2-1-3-6-11/h1-7,9,13-14,16H,8,10H2/t13-,14-/m0/s1. The zero-order valence-corrected chi connectivity index (χ0v) is 9.08. The molecule has 1 aliphatic heterocycles. The summed E-state index contributed by atoms with van der Waals surface area (Å²) in [5.74, 6) is 0.130. The lowest BCUT2D eigenvalue weighted by molar-refractivity contribution is 0.124. The molecule has 1 N–H and O–H groups in total. The van der Waals surface area contributed by atoms with Crippen molar-refractivity contribution in [3.05, 3.63) is 59.9 Å². The molecular weight excluding hydrogens is 198 g/mol. The Bertz CT molecular complexity index is 474. The molecule has 0 spiro atoms. The molecule has 0 radical (unpaired) electrons. The van der Waals surface area contributed by atoms with Crippen LogP contribution in [-0.4, -0.2) is 15.8 Å². The minimum atomic E-state index is -0.259. The van der Waals surface area contributed by atoms with Crippen molar-refractivity contribution in [3.63, 3.8) is 0 Å². The number of rotatable bonds is 1. The van der Waals surface area contributed by atoms with Crippen LogP contribution < -0.4 is 0 Å². The highest BCUT2D eigenvalue weighted by atomic mass is 16.3. The smallest absolute Gasteiger partial charge is 0.0680 e. The van der Waals surface area contributed by atoms with E-state index in [9.17, 15) is 5.11 Å². The first-order chi connectivity index (χ1) is 7.86. The van der Waals surface area contributed by atoms with Crippen LogP contribution in [0.1, 0.15) is 23.6 Å². The van der Waals surface area contributed by atoms with E-state index < -0.39 is 0 Å². The van der Waals surface area contributed by atoms with Crippen LogP contribution in [0.25, 0.3) is 0 Å². The monoisotopic (exact) mass is 213 g/mol. The van der Waals surface area contributed by atoms with E-state index in [1.54, 1.807) is 0 Å². The Kier molecular flexibility index (Phi) is 2.29. The van der Waals surface area contributed by atoms with Gasteiger partial charge >= 0.3 is 0 Å². The summed E-state index contributed by atoms with van der Waals surface area (Å²) in [6.07, 6.45) is 2.67. The van der Waals surface area contributed by atoms with E-state index in [1.807, 2.05) is 18.2 Å². The number of hydrogen-bond acceptors (Lipinski definition) is 1. The molecule has 0 saturated carbocycles. The van der Waals surface area contributed by atoms with Gasteiger partial charge in [0.1, 0.15) is 0 Å². The van der Waals surface area contributed by atoms with Crippen molar-refractivity contribution in [2.24, 2.45) is 0 Å². The molecular formula is C14H15NO. The van der Waals surface area contributed by atoms with Gasteiger partial charge in [0.15, 0.2) is 0 Å². The van der Waals surface area contributed by atoms with E-state index in [4.69, 9.17) is 0 Å². The number of fused-ring (bicyclic) bond motifs is 1. The summed E-state index contributed by atoms with van der Waals surface area (Å²) < 4.78 is 2.24.